The molecule has 0 radical (unpaired) electrons. The Hall–Kier alpha value is -1.81. The quantitative estimate of drug-likeness (QED) is 0.761. The van der Waals surface area contributed by atoms with E-state index in [0.29, 0.717) is 17.9 Å². The van der Waals surface area contributed by atoms with Crippen molar-refractivity contribution in [3.63, 3.8) is 0 Å². The van der Waals surface area contributed by atoms with E-state index in [1.54, 1.807) is 19.2 Å². The molecule has 1 aromatic heterocycles. The second-order valence-electron chi connectivity index (χ2n) is 3.84. The van der Waals surface area contributed by atoms with Gasteiger partial charge in [-0.25, -0.2) is 4.79 Å². The second-order valence-corrected chi connectivity index (χ2v) is 3.84. The maximum absolute atomic E-state index is 11.1. The normalized spacial score (nSPS) is 12.6. The second kappa shape index (κ2) is 5.01. The molecule has 0 aliphatic heterocycles. The molecule has 1 atom stereocenters. The van der Waals surface area contributed by atoms with Crippen LogP contribution in [0.15, 0.2) is 39.5 Å². The molecular weight excluding hydrogens is 220 g/mol. The zero-order valence-electron chi connectivity index (χ0n) is 9.80. The van der Waals surface area contributed by atoms with Gasteiger partial charge in [0, 0.05) is 24.6 Å². The topological polar surface area (TPSA) is 48.7 Å². The van der Waals surface area contributed by atoms with E-state index in [9.17, 15) is 4.79 Å². The monoisotopic (exact) mass is 234 g/mol. The van der Waals surface area contributed by atoms with Gasteiger partial charge in [-0.2, -0.15) is 0 Å². The van der Waals surface area contributed by atoms with Crippen molar-refractivity contribution in [1.82, 2.24) is 0 Å². The lowest BCUT2D eigenvalue weighted by Crippen LogP contribution is -2.17. The van der Waals surface area contributed by atoms with Gasteiger partial charge < -0.3 is 13.9 Å². The first-order chi connectivity index (χ1) is 8.19. The van der Waals surface area contributed by atoms with E-state index in [1.165, 1.54) is 6.07 Å². The molecule has 0 fully saturated rings. The van der Waals surface area contributed by atoms with Crippen molar-refractivity contribution in [2.45, 2.75) is 13.0 Å². The lowest BCUT2D eigenvalue weighted by atomic mass is 10.2. The van der Waals surface area contributed by atoms with Crippen LogP contribution in [-0.2, 0) is 4.74 Å². The van der Waals surface area contributed by atoms with E-state index in [-0.39, 0.29) is 11.7 Å². The predicted molar refractivity (Wildman–Crippen MR) is 64.5 cm³/mol. The molecule has 1 aromatic carbocycles. The smallest absolute Gasteiger partial charge is 0.336 e. The summed E-state index contributed by atoms with van der Waals surface area (Å²) in [5, 5.41) is 0.872. The summed E-state index contributed by atoms with van der Waals surface area (Å²) in [6.45, 7) is 2.42. The Balaban J connectivity index is 2.27. The molecule has 0 spiro atoms. The van der Waals surface area contributed by atoms with E-state index in [4.69, 9.17) is 13.9 Å². The van der Waals surface area contributed by atoms with Gasteiger partial charge in [0.05, 0.1) is 6.61 Å². The molecule has 2 rings (SSSR count). The molecule has 0 saturated heterocycles. The van der Waals surface area contributed by atoms with Gasteiger partial charge in [-0.3, -0.25) is 0 Å². The number of ether oxygens (including phenoxy) is 2. The largest absolute Gasteiger partial charge is 0.488 e. The molecule has 1 heterocycles. The van der Waals surface area contributed by atoms with Crippen LogP contribution in [0.25, 0.3) is 11.0 Å². The van der Waals surface area contributed by atoms with Crippen LogP contribution in [0.3, 0.4) is 0 Å². The average molecular weight is 234 g/mol. The first-order valence-corrected chi connectivity index (χ1v) is 5.38. The summed E-state index contributed by atoms with van der Waals surface area (Å²) in [5.41, 5.74) is 0.166. The van der Waals surface area contributed by atoms with Crippen LogP contribution in [-0.4, -0.2) is 19.8 Å². The molecule has 0 unspecified atom stereocenters. The zero-order valence-corrected chi connectivity index (χ0v) is 9.80. The van der Waals surface area contributed by atoms with E-state index >= 15 is 0 Å². The summed E-state index contributed by atoms with van der Waals surface area (Å²) in [4.78, 5) is 11.1. The molecule has 4 nitrogen and oxygen atoms in total. The summed E-state index contributed by atoms with van der Waals surface area (Å²) in [6, 6.07) is 8.53. The highest BCUT2D eigenvalue weighted by atomic mass is 16.5. The summed E-state index contributed by atoms with van der Waals surface area (Å²) in [6.07, 6.45) is -0.0483. The van der Waals surface area contributed by atoms with E-state index in [1.807, 2.05) is 19.1 Å². The Bertz CT molecular complexity index is 559. The number of hydrogen-bond donors (Lipinski definition) is 0. The highest BCUT2D eigenvalue weighted by molar-refractivity contribution is 5.77. The van der Waals surface area contributed by atoms with Crippen LogP contribution in [0.2, 0.25) is 0 Å². The first-order valence-electron chi connectivity index (χ1n) is 5.38. The first kappa shape index (κ1) is 11.7. The molecule has 0 aliphatic carbocycles. The van der Waals surface area contributed by atoms with Crippen molar-refractivity contribution in [2.24, 2.45) is 0 Å². The standard InChI is InChI=1S/C13H14O4/c1-9(8-15-2)16-11-5-3-10-4-6-13(14)17-12(10)7-11/h3-7,9H,8H2,1-2H3/t9-/m0/s1. The fourth-order valence-electron chi connectivity index (χ4n) is 1.62. The van der Waals surface area contributed by atoms with Crippen LogP contribution in [0.5, 0.6) is 5.75 Å². The van der Waals surface area contributed by atoms with Crippen molar-refractivity contribution < 1.29 is 13.9 Å². The molecule has 90 valence electrons. The van der Waals surface area contributed by atoms with Crippen molar-refractivity contribution in [2.75, 3.05) is 13.7 Å². The van der Waals surface area contributed by atoms with Crippen LogP contribution >= 0.6 is 0 Å². The van der Waals surface area contributed by atoms with Gasteiger partial charge in [0.2, 0.25) is 0 Å². The summed E-state index contributed by atoms with van der Waals surface area (Å²) in [5.74, 6) is 0.663. The molecule has 2 aromatic rings. The zero-order chi connectivity index (χ0) is 12.3. The fraction of sp³-hybridized carbons (Fsp3) is 0.308. The van der Waals surface area contributed by atoms with Crippen molar-refractivity contribution in [1.29, 1.82) is 0 Å². The molecule has 0 amide bonds. The minimum atomic E-state index is -0.361. The maximum Gasteiger partial charge on any atom is 0.336 e. The van der Waals surface area contributed by atoms with Crippen LogP contribution < -0.4 is 10.4 Å². The summed E-state index contributed by atoms with van der Waals surface area (Å²) < 4.78 is 15.7. The van der Waals surface area contributed by atoms with E-state index in [2.05, 4.69) is 0 Å². The van der Waals surface area contributed by atoms with Gasteiger partial charge >= 0.3 is 5.63 Å². The molecule has 0 N–H and O–H groups in total. The van der Waals surface area contributed by atoms with Gasteiger partial charge in [-0.1, -0.05) is 0 Å². The van der Waals surface area contributed by atoms with Gasteiger partial charge in [0.1, 0.15) is 17.4 Å². The number of benzene rings is 1. The predicted octanol–water partition coefficient (Wildman–Crippen LogP) is 2.21. The number of fused-ring (bicyclic) bond motifs is 1. The van der Waals surface area contributed by atoms with E-state index in [0.717, 1.165) is 5.39 Å². The Labute approximate surface area is 98.8 Å². The van der Waals surface area contributed by atoms with Crippen LogP contribution in [0.4, 0.5) is 0 Å². The van der Waals surface area contributed by atoms with Crippen molar-refractivity contribution in [3.05, 3.63) is 40.8 Å². The number of rotatable bonds is 4. The third kappa shape index (κ3) is 2.85. The van der Waals surface area contributed by atoms with Gasteiger partial charge in [0.15, 0.2) is 0 Å². The number of hydrogen-bond acceptors (Lipinski definition) is 4. The lowest BCUT2D eigenvalue weighted by molar-refractivity contribution is 0.0921. The van der Waals surface area contributed by atoms with E-state index < -0.39 is 0 Å². The fourth-order valence-corrected chi connectivity index (χ4v) is 1.62. The minimum absolute atomic E-state index is 0.0483. The average Bonchev–Trinajstić information content (AvgIpc) is 2.28. The van der Waals surface area contributed by atoms with Crippen LogP contribution in [0, 0.1) is 0 Å². The Morgan fingerprint density at radius 3 is 2.82 bits per heavy atom. The molecule has 17 heavy (non-hydrogen) atoms. The number of methoxy groups -OCH3 is 1. The minimum Gasteiger partial charge on any atom is -0.488 e. The Morgan fingerprint density at radius 1 is 1.29 bits per heavy atom. The molecule has 0 saturated carbocycles. The Kier molecular flexibility index (Phi) is 3.44. The third-order valence-electron chi connectivity index (χ3n) is 2.33. The van der Waals surface area contributed by atoms with Gasteiger partial charge in [-0.15, -0.1) is 0 Å². The molecule has 0 aliphatic rings. The molecule has 4 heteroatoms. The third-order valence-corrected chi connectivity index (χ3v) is 2.33. The van der Waals surface area contributed by atoms with Crippen molar-refractivity contribution >= 4 is 11.0 Å². The highest BCUT2D eigenvalue weighted by Gasteiger charge is 2.05. The summed E-state index contributed by atoms with van der Waals surface area (Å²) >= 11 is 0. The SMILES string of the molecule is COC[C@H](C)Oc1ccc2ccc(=O)oc2c1. The molecule has 0 bridgehead atoms. The van der Waals surface area contributed by atoms with Crippen LogP contribution in [0.1, 0.15) is 6.92 Å². The van der Waals surface area contributed by atoms with Crippen molar-refractivity contribution in [3.8, 4) is 5.75 Å². The lowest BCUT2D eigenvalue weighted by Gasteiger charge is -2.13. The summed E-state index contributed by atoms with van der Waals surface area (Å²) in [7, 11) is 1.62. The molecular formula is C13H14O4. The highest BCUT2D eigenvalue weighted by Crippen LogP contribution is 2.20. The van der Waals surface area contributed by atoms with Gasteiger partial charge in [0.25, 0.3) is 0 Å². The van der Waals surface area contributed by atoms with Gasteiger partial charge in [-0.05, 0) is 25.1 Å². The maximum atomic E-state index is 11.1. The Morgan fingerprint density at radius 2 is 2.06 bits per heavy atom.